The van der Waals surface area contributed by atoms with E-state index in [1.165, 1.54) is 23.8 Å². The second kappa shape index (κ2) is 6.63. The van der Waals surface area contributed by atoms with Crippen molar-refractivity contribution in [2.45, 2.75) is 27.2 Å². The average molecular weight is 303 g/mol. The van der Waals surface area contributed by atoms with Gasteiger partial charge in [-0.15, -0.1) is 11.3 Å². The molecule has 1 aromatic carbocycles. The zero-order valence-corrected chi connectivity index (χ0v) is 13.1. The Balaban J connectivity index is 2.42. The van der Waals surface area contributed by atoms with Crippen LogP contribution in [-0.4, -0.2) is 23.3 Å². The van der Waals surface area contributed by atoms with Gasteiger partial charge in [0.15, 0.2) is 11.5 Å². The molecule has 0 amide bonds. The highest BCUT2D eigenvalue weighted by atomic mass is 32.1. The summed E-state index contributed by atoms with van der Waals surface area (Å²) in [6.45, 7) is 5.50. The van der Waals surface area contributed by atoms with Crippen LogP contribution in [-0.2, 0) is 11.2 Å². The number of Topliss-reactive ketones (excluding diaryl/α,β-unsaturated/α-hetero) is 1. The van der Waals surface area contributed by atoms with Gasteiger partial charge in [0.2, 0.25) is 0 Å². The van der Waals surface area contributed by atoms with E-state index in [0.717, 1.165) is 12.0 Å². The van der Waals surface area contributed by atoms with Gasteiger partial charge < -0.3 is 4.74 Å². The van der Waals surface area contributed by atoms with Gasteiger partial charge in [-0.2, -0.15) is 0 Å². The SMILES string of the molecule is CCOC(=O)c1nc(-c2ccc(CC)cc2)sc1C(C)=O. The van der Waals surface area contributed by atoms with Gasteiger partial charge in [-0.05, 0) is 18.9 Å². The first-order valence-electron chi connectivity index (χ1n) is 6.85. The number of nitrogens with zero attached hydrogens (tertiary/aromatic N) is 1. The van der Waals surface area contributed by atoms with Crippen molar-refractivity contribution >= 4 is 23.1 Å². The summed E-state index contributed by atoms with van der Waals surface area (Å²) in [5.74, 6) is -0.720. The first-order valence-corrected chi connectivity index (χ1v) is 7.66. The highest BCUT2D eigenvalue weighted by molar-refractivity contribution is 7.17. The molecule has 110 valence electrons. The second-order valence-corrected chi connectivity index (χ2v) is 5.52. The van der Waals surface area contributed by atoms with Crippen LogP contribution >= 0.6 is 11.3 Å². The lowest BCUT2D eigenvalue weighted by atomic mass is 10.1. The molecule has 0 saturated heterocycles. The normalized spacial score (nSPS) is 10.4. The minimum Gasteiger partial charge on any atom is -0.461 e. The van der Waals surface area contributed by atoms with Gasteiger partial charge in [-0.25, -0.2) is 9.78 Å². The van der Waals surface area contributed by atoms with Crippen LogP contribution in [0.15, 0.2) is 24.3 Å². The standard InChI is InChI=1S/C16H17NO3S/c1-4-11-6-8-12(9-7-11)15-17-13(16(19)20-5-2)14(21-15)10(3)18/h6-9H,4-5H2,1-3H3. The maximum Gasteiger partial charge on any atom is 0.358 e. The molecule has 2 aromatic rings. The van der Waals surface area contributed by atoms with Crippen molar-refractivity contribution < 1.29 is 14.3 Å². The summed E-state index contributed by atoms with van der Waals surface area (Å²) in [6, 6.07) is 7.95. The molecule has 1 aromatic heterocycles. The Morgan fingerprint density at radius 1 is 1.19 bits per heavy atom. The number of ketones is 1. The van der Waals surface area contributed by atoms with Crippen LogP contribution in [0.4, 0.5) is 0 Å². The maximum absolute atomic E-state index is 11.9. The van der Waals surface area contributed by atoms with Crippen molar-refractivity contribution in [2.24, 2.45) is 0 Å². The van der Waals surface area contributed by atoms with Crippen LogP contribution in [0.1, 0.15) is 46.5 Å². The number of benzene rings is 1. The van der Waals surface area contributed by atoms with Crippen molar-refractivity contribution in [1.82, 2.24) is 4.98 Å². The van der Waals surface area contributed by atoms with Crippen molar-refractivity contribution in [3.63, 3.8) is 0 Å². The van der Waals surface area contributed by atoms with Crippen LogP contribution in [0.5, 0.6) is 0 Å². The van der Waals surface area contributed by atoms with E-state index < -0.39 is 5.97 Å². The number of ether oxygens (including phenoxy) is 1. The molecule has 0 spiro atoms. The number of aromatic nitrogens is 1. The van der Waals surface area contributed by atoms with Gasteiger partial charge in [-0.1, -0.05) is 31.2 Å². The molecule has 0 fully saturated rings. The van der Waals surface area contributed by atoms with Gasteiger partial charge in [0.05, 0.1) is 6.61 Å². The lowest BCUT2D eigenvalue weighted by Gasteiger charge is -1.99. The lowest BCUT2D eigenvalue weighted by Crippen LogP contribution is -2.09. The Bertz CT molecular complexity index is 659. The molecular weight excluding hydrogens is 286 g/mol. The largest absolute Gasteiger partial charge is 0.461 e. The average Bonchev–Trinajstić information content (AvgIpc) is 2.93. The van der Waals surface area contributed by atoms with Crippen LogP contribution in [0.3, 0.4) is 0 Å². The number of esters is 1. The molecule has 0 aliphatic rings. The Labute approximate surface area is 127 Å². The van der Waals surface area contributed by atoms with E-state index >= 15 is 0 Å². The van der Waals surface area contributed by atoms with Gasteiger partial charge in [0.1, 0.15) is 9.88 Å². The fraction of sp³-hybridized carbons (Fsp3) is 0.312. The number of thiazole rings is 1. The Kier molecular flexibility index (Phi) is 4.85. The predicted molar refractivity (Wildman–Crippen MR) is 82.9 cm³/mol. The van der Waals surface area contributed by atoms with E-state index in [9.17, 15) is 9.59 Å². The number of hydrogen-bond acceptors (Lipinski definition) is 5. The van der Waals surface area contributed by atoms with Crippen LogP contribution in [0.2, 0.25) is 0 Å². The number of hydrogen-bond donors (Lipinski definition) is 0. The molecule has 0 N–H and O–H groups in total. The van der Waals surface area contributed by atoms with Crippen LogP contribution in [0, 0.1) is 0 Å². The first-order chi connectivity index (χ1) is 10.1. The third-order valence-corrected chi connectivity index (χ3v) is 4.23. The van der Waals surface area contributed by atoms with Crippen molar-refractivity contribution in [1.29, 1.82) is 0 Å². The van der Waals surface area contributed by atoms with Gasteiger partial charge in [0, 0.05) is 12.5 Å². The Hall–Kier alpha value is -2.01. The summed E-state index contributed by atoms with van der Waals surface area (Å²) >= 11 is 1.23. The fourth-order valence-corrected chi connectivity index (χ4v) is 2.86. The molecule has 0 unspecified atom stereocenters. The molecule has 0 aliphatic carbocycles. The molecular formula is C16H17NO3S. The minimum absolute atomic E-state index is 0.115. The van der Waals surface area contributed by atoms with E-state index in [1.54, 1.807) is 6.92 Å². The zero-order valence-electron chi connectivity index (χ0n) is 12.3. The zero-order chi connectivity index (χ0) is 15.4. The molecule has 0 saturated carbocycles. The van der Waals surface area contributed by atoms with Crippen molar-refractivity contribution in [3.8, 4) is 10.6 Å². The van der Waals surface area contributed by atoms with E-state index in [4.69, 9.17) is 4.74 Å². The van der Waals surface area contributed by atoms with E-state index in [1.807, 2.05) is 24.3 Å². The minimum atomic E-state index is -0.546. The first kappa shape index (κ1) is 15.4. The third kappa shape index (κ3) is 3.36. The summed E-state index contributed by atoms with van der Waals surface area (Å²) in [5.41, 5.74) is 2.24. The second-order valence-electron chi connectivity index (χ2n) is 4.52. The van der Waals surface area contributed by atoms with E-state index in [-0.39, 0.29) is 18.1 Å². The number of rotatable bonds is 5. The van der Waals surface area contributed by atoms with Crippen LogP contribution < -0.4 is 0 Å². The fourth-order valence-electron chi connectivity index (χ4n) is 1.90. The predicted octanol–water partition coefficient (Wildman–Crippen LogP) is 3.75. The molecule has 2 rings (SSSR count). The highest BCUT2D eigenvalue weighted by Gasteiger charge is 2.22. The Morgan fingerprint density at radius 2 is 1.86 bits per heavy atom. The maximum atomic E-state index is 11.9. The molecule has 0 atom stereocenters. The summed E-state index contributed by atoms with van der Waals surface area (Å²) in [7, 11) is 0. The molecule has 0 aliphatic heterocycles. The van der Waals surface area contributed by atoms with Crippen molar-refractivity contribution in [3.05, 3.63) is 40.4 Å². The number of carbonyl (C=O) groups is 2. The molecule has 0 radical (unpaired) electrons. The summed E-state index contributed by atoms with van der Waals surface area (Å²) in [6.07, 6.45) is 0.963. The number of aryl methyl sites for hydroxylation is 1. The van der Waals surface area contributed by atoms with Crippen LogP contribution in [0.25, 0.3) is 10.6 Å². The van der Waals surface area contributed by atoms with E-state index in [0.29, 0.717) is 9.88 Å². The quantitative estimate of drug-likeness (QED) is 0.623. The van der Waals surface area contributed by atoms with Gasteiger partial charge >= 0.3 is 5.97 Å². The Morgan fingerprint density at radius 3 is 2.38 bits per heavy atom. The molecule has 1 heterocycles. The summed E-state index contributed by atoms with van der Waals surface area (Å²) in [5, 5.41) is 0.658. The monoisotopic (exact) mass is 303 g/mol. The van der Waals surface area contributed by atoms with E-state index in [2.05, 4.69) is 11.9 Å². The lowest BCUT2D eigenvalue weighted by molar-refractivity contribution is 0.0517. The highest BCUT2D eigenvalue weighted by Crippen LogP contribution is 2.29. The smallest absolute Gasteiger partial charge is 0.358 e. The summed E-state index contributed by atoms with van der Waals surface area (Å²) in [4.78, 5) is 28.2. The molecule has 0 bridgehead atoms. The topological polar surface area (TPSA) is 56.3 Å². The third-order valence-electron chi connectivity index (χ3n) is 3.02. The molecule has 4 nitrogen and oxygen atoms in total. The van der Waals surface area contributed by atoms with Crippen molar-refractivity contribution in [2.75, 3.05) is 6.61 Å². The molecule has 5 heteroatoms. The summed E-state index contributed by atoms with van der Waals surface area (Å²) < 4.78 is 4.96. The van der Waals surface area contributed by atoms with Gasteiger partial charge in [-0.3, -0.25) is 4.79 Å². The molecule has 21 heavy (non-hydrogen) atoms. The van der Waals surface area contributed by atoms with Gasteiger partial charge in [0.25, 0.3) is 0 Å². The number of carbonyl (C=O) groups excluding carboxylic acids is 2.